The summed E-state index contributed by atoms with van der Waals surface area (Å²) in [6.07, 6.45) is 2.37. The third-order valence-corrected chi connectivity index (χ3v) is 4.91. The molecular formula is C21H25NO3. The number of carbonyl (C=O) groups excluding carboxylic acids is 1. The van der Waals surface area contributed by atoms with Gasteiger partial charge in [-0.15, -0.1) is 0 Å². The molecule has 1 aliphatic carbocycles. The van der Waals surface area contributed by atoms with Gasteiger partial charge in [-0.05, 0) is 36.8 Å². The molecule has 25 heavy (non-hydrogen) atoms. The molecule has 2 N–H and O–H groups in total. The fourth-order valence-corrected chi connectivity index (χ4v) is 3.44. The highest BCUT2D eigenvalue weighted by Gasteiger charge is 2.34. The molecule has 1 saturated carbocycles. The zero-order valence-corrected chi connectivity index (χ0v) is 14.5. The minimum atomic E-state index is -0.227. The molecule has 4 heteroatoms. The van der Waals surface area contributed by atoms with Crippen LogP contribution in [0.15, 0.2) is 54.6 Å². The Labute approximate surface area is 148 Å². The van der Waals surface area contributed by atoms with E-state index in [0.717, 1.165) is 30.6 Å². The van der Waals surface area contributed by atoms with Crippen molar-refractivity contribution in [1.82, 2.24) is 5.32 Å². The topological polar surface area (TPSA) is 58.6 Å². The summed E-state index contributed by atoms with van der Waals surface area (Å²) in [5, 5.41) is 12.8. The molecule has 1 amide bonds. The lowest BCUT2D eigenvalue weighted by atomic mass is 9.75. The van der Waals surface area contributed by atoms with Crippen molar-refractivity contribution in [1.29, 1.82) is 0 Å². The zero-order valence-electron chi connectivity index (χ0n) is 14.5. The van der Waals surface area contributed by atoms with Crippen LogP contribution in [-0.4, -0.2) is 30.3 Å². The van der Waals surface area contributed by atoms with Gasteiger partial charge in [0.1, 0.15) is 5.75 Å². The summed E-state index contributed by atoms with van der Waals surface area (Å²) >= 11 is 0. The van der Waals surface area contributed by atoms with Crippen molar-refractivity contribution < 1.29 is 14.6 Å². The Morgan fingerprint density at radius 2 is 1.84 bits per heavy atom. The second-order valence-corrected chi connectivity index (χ2v) is 6.74. The van der Waals surface area contributed by atoms with Crippen LogP contribution >= 0.6 is 0 Å². The number of methoxy groups -OCH3 is 1. The number of amides is 1. The van der Waals surface area contributed by atoms with Crippen LogP contribution in [0.1, 0.15) is 24.0 Å². The SMILES string of the molecule is COc1ccccc1CC(=O)N[C@H](Cc1ccccc1)C1CC(O)C1. The highest BCUT2D eigenvalue weighted by molar-refractivity contribution is 5.79. The van der Waals surface area contributed by atoms with E-state index in [1.165, 1.54) is 5.56 Å². The van der Waals surface area contributed by atoms with Gasteiger partial charge in [0.15, 0.2) is 0 Å². The summed E-state index contributed by atoms with van der Waals surface area (Å²) in [6.45, 7) is 0. The molecule has 0 aliphatic heterocycles. The van der Waals surface area contributed by atoms with Crippen LogP contribution in [-0.2, 0) is 17.6 Å². The molecule has 4 nitrogen and oxygen atoms in total. The Balaban J connectivity index is 1.66. The van der Waals surface area contributed by atoms with Gasteiger partial charge < -0.3 is 15.2 Å². The van der Waals surface area contributed by atoms with Gasteiger partial charge in [-0.1, -0.05) is 48.5 Å². The predicted octanol–water partition coefficient (Wildman–Crippen LogP) is 2.74. The smallest absolute Gasteiger partial charge is 0.224 e. The minimum absolute atomic E-state index is 0.00757. The fraction of sp³-hybridized carbons (Fsp3) is 0.381. The predicted molar refractivity (Wildman–Crippen MR) is 97.5 cm³/mol. The standard InChI is InChI=1S/C21H25NO3/c1-25-20-10-6-5-9-16(20)14-21(24)22-19(17-12-18(23)13-17)11-15-7-3-2-4-8-15/h2-10,17-19,23H,11-14H2,1H3,(H,22,24)/t17?,18?,19-/m1/s1. The van der Waals surface area contributed by atoms with E-state index >= 15 is 0 Å². The van der Waals surface area contributed by atoms with Crippen LogP contribution in [0.4, 0.5) is 0 Å². The molecule has 0 aromatic heterocycles. The van der Waals surface area contributed by atoms with Gasteiger partial charge in [0.25, 0.3) is 0 Å². The van der Waals surface area contributed by atoms with Crippen molar-refractivity contribution in [2.45, 2.75) is 37.8 Å². The first-order valence-corrected chi connectivity index (χ1v) is 8.79. The number of hydrogen-bond acceptors (Lipinski definition) is 3. The van der Waals surface area contributed by atoms with Gasteiger partial charge in [-0.3, -0.25) is 4.79 Å². The number of benzene rings is 2. The van der Waals surface area contributed by atoms with Crippen molar-refractivity contribution in [3.8, 4) is 5.75 Å². The van der Waals surface area contributed by atoms with Crippen LogP contribution < -0.4 is 10.1 Å². The quantitative estimate of drug-likeness (QED) is 0.815. The monoisotopic (exact) mass is 339 g/mol. The van der Waals surface area contributed by atoms with Crippen LogP contribution in [0.2, 0.25) is 0 Å². The number of hydrogen-bond donors (Lipinski definition) is 2. The van der Waals surface area contributed by atoms with E-state index in [1.54, 1.807) is 7.11 Å². The lowest BCUT2D eigenvalue weighted by molar-refractivity contribution is -0.122. The van der Waals surface area contributed by atoms with Gasteiger partial charge in [0, 0.05) is 11.6 Å². The first-order chi connectivity index (χ1) is 12.2. The Hall–Kier alpha value is -2.33. The van der Waals surface area contributed by atoms with E-state index in [9.17, 15) is 9.90 Å². The van der Waals surface area contributed by atoms with Crippen molar-refractivity contribution >= 4 is 5.91 Å². The van der Waals surface area contributed by atoms with E-state index in [0.29, 0.717) is 12.3 Å². The minimum Gasteiger partial charge on any atom is -0.496 e. The molecule has 1 atom stereocenters. The molecule has 0 spiro atoms. The Morgan fingerprint density at radius 1 is 1.16 bits per heavy atom. The molecule has 0 unspecified atom stereocenters. The summed E-state index contributed by atoms with van der Waals surface area (Å²) in [5.74, 6) is 1.06. The van der Waals surface area contributed by atoms with E-state index in [1.807, 2.05) is 42.5 Å². The molecule has 1 aliphatic rings. The zero-order chi connectivity index (χ0) is 17.6. The highest BCUT2D eigenvalue weighted by Crippen LogP contribution is 2.32. The third kappa shape index (κ3) is 4.60. The van der Waals surface area contributed by atoms with E-state index < -0.39 is 0 Å². The summed E-state index contributed by atoms with van der Waals surface area (Å²) in [7, 11) is 1.62. The van der Waals surface area contributed by atoms with Gasteiger partial charge in [0.2, 0.25) is 5.91 Å². The van der Waals surface area contributed by atoms with Crippen molar-refractivity contribution in [2.24, 2.45) is 5.92 Å². The lowest BCUT2D eigenvalue weighted by Gasteiger charge is -2.38. The average molecular weight is 339 g/mol. The maximum absolute atomic E-state index is 12.6. The fourth-order valence-electron chi connectivity index (χ4n) is 3.44. The van der Waals surface area contributed by atoms with Crippen molar-refractivity contribution in [3.63, 3.8) is 0 Å². The summed E-state index contributed by atoms with van der Waals surface area (Å²) < 4.78 is 5.33. The van der Waals surface area contributed by atoms with Crippen LogP contribution in [0, 0.1) is 5.92 Å². The molecular weight excluding hydrogens is 314 g/mol. The second-order valence-electron chi connectivity index (χ2n) is 6.74. The maximum Gasteiger partial charge on any atom is 0.224 e. The molecule has 132 valence electrons. The number of para-hydroxylation sites is 1. The second kappa shape index (κ2) is 8.17. The van der Waals surface area contributed by atoms with Gasteiger partial charge in [-0.25, -0.2) is 0 Å². The van der Waals surface area contributed by atoms with Crippen LogP contribution in [0.5, 0.6) is 5.75 Å². The summed E-state index contributed by atoms with van der Waals surface area (Å²) in [6, 6.07) is 17.8. The first-order valence-electron chi connectivity index (χ1n) is 8.79. The van der Waals surface area contributed by atoms with Crippen molar-refractivity contribution in [2.75, 3.05) is 7.11 Å². The number of aliphatic hydroxyl groups is 1. The molecule has 1 fully saturated rings. The number of aliphatic hydroxyl groups excluding tert-OH is 1. The van der Waals surface area contributed by atoms with Gasteiger partial charge in [-0.2, -0.15) is 0 Å². The van der Waals surface area contributed by atoms with Gasteiger partial charge in [0.05, 0.1) is 19.6 Å². The Bertz CT molecular complexity index is 695. The molecule has 0 saturated heterocycles. The number of carbonyl (C=O) groups is 1. The largest absolute Gasteiger partial charge is 0.496 e. The van der Waals surface area contributed by atoms with E-state index in [4.69, 9.17) is 4.74 Å². The van der Waals surface area contributed by atoms with E-state index in [2.05, 4.69) is 17.4 Å². The molecule has 0 bridgehead atoms. The Kier molecular flexibility index (Phi) is 5.71. The third-order valence-electron chi connectivity index (χ3n) is 4.91. The molecule has 3 rings (SSSR count). The van der Waals surface area contributed by atoms with E-state index in [-0.39, 0.29) is 18.1 Å². The number of ether oxygens (including phenoxy) is 1. The van der Waals surface area contributed by atoms with Crippen LogP contribution in [0.3, 0.4) is 0 Å². The maximum atomic E-state index is 12.6. The molecule has 0 heterocycles. The summed E-state index contributed by atoms with van der Waals surface area (Å²) in [4.78, 5) is 12.6. The Morgan fingerprint density at radius 3 is 2.52 bits per heavy atom. The van der Waals surface area contributed by atoms with Gasteiger partial charge >= 0.3 is 0 Å². The normalized spacial score (nSPS) is 20.4. The average Bonchev–Trinajstić information content (AvgIpc) is 2.60. The first kappa shape index (κ1) is 17.5. The molecule has 2 aromatic carbocycles. The number of nitrogens with one attached hydrogen (secondary N) is 1. The van der Waals surface area contributed by atoms with Crippen LogP contribution in [0.25, 0.3) is 0 Å². The summed E-state index contributed by atoms with van der Waals surface area (Å²) in [5.41, 5.74) is 2.08. The molecule has 2 aromatic rings. The number of rotatable bonds is 7. The highest BCUT2D eigenvalue weighted by atomic mass is 16.5. The lowest BCUT2D eigenvalue weighted by Crippen LogP contribution is -2.48. The van der Waals surface area contributed by atoms with Crippen molar-refractivity contribution in [3.05, 3.63) is 65.7 Å². The molecule has 0 radical (unpaired) electrons.